The van der Waals surface area contributed by atoms with Crippen LogP contribution in [-0.2, 0) is 6.61 Å². The fraction of sp³-hybridized carbons (Fsp3) is 0.143. The molecule has 0 amide bonds. The first-order chi connectivity index (χ1) is 8.16. The molecule has 0 unspecified atom stereocenters. The summed E-state index contributed by atoms with van der Waals surface area (Å²) in [5.41, 5.74) is 8.87. The highest BCUT2D eigenvalue weighted by Crippen LogP contribution is 2.25. The minimum atomic E-state index is 0.481. The fourth-order valence-electron chi connectivity index (χ4n) is 1.56. The fourth-order valence-corrected chi connectivity index (χ4v) is 1.96. The molecule has 0 aliphatic carbocycles. The van der Waals surface area contributed by atoms with E-state index in [1.165, 1.54) is 0 Å². The van der Waals surface area contributed by atoms with Gasteiger partial charge in [0.05, 0.1) is 4.47 Å². The Kier molecular flexibility index (Phi) is 3.69. The summed E-state index contributed by atoms with van der Waals surface area (Å²) in [7, 11) is 0. The first kappa shape index (κ1) is 12.0. The molecule has 0 radical (unpaired) electrons. The van der Waals surface area contributed by atoms with E-state index < -0.39 is 0 Å². The quantitative estimate of drug-likeness (QED) is 0.870. The van der Waals surface area contributed by atoms with Crippen LogP contribution >= 0.6 is 15.9 Å². The van der Waals surface area contributed by atoms with Crippen molar-refractivity contribution in [3.63, 3.8) is 0 Å². The zero-order valence-corrected chi connectivity index (χ0v) is 11.2. The van der Waals surface area contributed by atoms with E-state index in [2.05, 4.69) is 15.9 Å². The van der Waals surface area contributed by atoms with Crippen LogP contribution in [0.1, 0.15) is 11.1 Å². The van der Waals surface area contributed by atoms with Crippen molar-refractivity contribution < 1.29 is 4.74 Å². The van der Waals surface area contributed by atoms with Gasteiger partial charge < -0.3 is 10.5 Å². The number of ether oxygens (including phenoxy) is 1. The van der Waals surface area contributed by atoms with Crippen LogP contribution in [0.5, 0.6) is 5.75 Å². The predicted octanol–water partition coefficient (Wildman–Crippen LogP) is 3.92. The molecule has 0 aliphatic heterocycles. The van der Waals surface area contributed by atoms with Gasteiger partial charge in [0, 0.05) is 11.3 Å². The Hall–Kier alpha value is -1.48. The minimum Gasteiger partial charge on any atom is -0.488 e. The number of benzene rings is 2. The largest absolute Gasteiger partial charge is 0.488 e. The molecule has 0 spiro atoms. The van der Waals surface area contributed by atoms with Crippen molar-refractivity contribution in [2.24, 2.45) is 0 Å². The highest BCUT2D eigenvalue weighted by molar-refractivity contribution is 9.10. The van der Waals surface area contributed by atoms with Gasteiger partial charge in [-0.05, 0) is 46.6 Å². The lowest BCUT2D eigenvalue weighted by Crippen LogP contribution is -2.00. The molecular weight excluding hydrogens is 278 g/mol. The molecule has 0 heterocycles. The first-order valence-corrected chi connectivity index (χ1v) is 6.18. The molecule has 2 N–H and O–H groups in total. The Bertz CT molecular complexity index is 525. The Morgan fingerprint density at radius 1 is 1.18 bits per heavy atom. The highest BCUT2D eigenvalue weighted by Gasteiger charge is 2.03. The third kappa shape index (κ3) is 3.01. The zero-order chi connectivity index (χ0) is 12.3. The Morgan fingerprint density at radius 2 is 1.94 bits per heavy atom. The molecule has 17 heavy (non-hydrogen) atoms. The summed E-state index contributed by atoms with van der Waals surface area (Å²) in [6, 6.07) is 13.8. The molecule has 0 saturated heterocycles. The van der Waals surface area contributed by atoms with Crippen molar-refractivity contribution in [3.05, 3.63) is 58.1 Å². The number of nitrogens with two attached hydrogens (primary N) is 1. The van der Waals surface area contributed by atoms with Crippen molar-refractivity contribution in [1.82, 2.24) is 0 Å². The maximum Gasteiger partial charge on any atom is 0.133 e. The molecule has 0 bridgehead atoms. The standard InChI is InChI=1S/C14H14BrNO/c1-10-6-7-11(13(16)8-10)9-17-14-5-3-2-4-12(14)15/h2-8H,9,16H2,1H3. The van der Waals surface area contributed by atoms with Gasteiger partial charge in [-0.15, -0.1) is 0 Å². The zero-order valence-electron chi connectivity index (χ0n) is 9.61. The van der Waals surface area contributed by atoms with Crippen LogP contribution in [0, 0.1) is 6.92 Å². The van der Waals surface area contributed by atoms with Gasteiger partial charge >= 0.3 is 0 Å². The van der Waals surface area contributed by atoms with E-state index in [-0.39, 0.29) is 0 Å². The van der Waals surface area contributed by atoms with Gasteiger partial charge in [-0.3, -0.25) is 0 Å². The topological polar surface area (TPSA) is 35.2 Å². The maximum absolute atomic E-state index is 5.93. The molecule has 0 fully saturated rings. The van der Waals surface area contributed by atoms with Gasteiger partial charge in [0.15, 0.2) is 0 Å². The molecular formula is C14H14BrNO. The summed E-state index contributed by atoms with van der Waals surface area (Å²) < 4.78 is 6.67. The van der Waals surface area contributed by atoms with Crippen molar-refractivity contribution in [2.75, 3.05) is 5.73 Å². The molecule has 3 heteroatoms. The van der Waals surface area contributed by atoms with Crippen LogP contribution in [0.2, 0.25) is 0 Å². The van der Waals surface area contributed by atoms with Gasteiger partial charge in [-0.2, -0.15) is 0 Å². The number of rotatable bonds is 3. The number of aryl methyl sites for hydroxylation is 1. The van der Waals surface area contributed by atoms with E-state index in [9.17, 15) is 0 Å². The van der Waals surface area contributed by atoms with Crippen LogP contribution in [0.15, 0.2) is 46.9 Å². The second-order valence-electron chi connectivity index (χ2n) is 3.92. The van der Waals surface area contributed by atoms with Crippen LogP contribution in [0.3, 0.4) is 0 Å². The molecule has 2 aromatic rings. The van der Waals surface area contributed by atoms with E-state index in [4.69, 9.17) is 10.5 Å². The van der Waals surface area contributed by atoms with Gasteiger partial charge in [-0.1, -0.05) is 24.3 Å². The molecule has 0 aromatic heterocycles. The van der Waals surface area contributed by atoms with Gasteiger partial charge in [-0.25, -0.2) is 0 Å². The number of anilines is 1. The molecule has 2 nitrogen and oxygen atoms in total. The van der Waals surface area contributed by atoms with Crippen molar-refractivity contribution in [2.45, 2.75) is 13.5 Å². The van der Waals surface area contributed by atoms with Crippen LogP contribution in [0.25, 0.3) is 0 Å². The van der Waals surface area contributed by atoms with E-state index in [0.29, 0.717) is 6.61 Å². The van der Waals surface area contributed by atoms with Crippen molar-refractivity contribution in [3.8, 4) is 5.75 Å². The third-order valence-corrected chi connectivity index (χ3v) is 3.18. The van der Waals surface area contributed by atoms with Crippen molar-refractivity contribution in [1.29, 1.82) is 0 Å². The summed E-state index contributed by atoms with van der Waals surface area (Å²) >= 11 is 3.44. The Labute approximate surface area is 110 Å². The monoisotopic (exact) mass is 291 g/mol. The summed E-state index contributed by atoms with van der Waals surface area (Å²) in [5.74, 6) is 0.826. The highest BCUT2D eigenvalue weighted by atomic mass is 79.9. The van der Waals surface area contributed by atoms with Crippen LogP contribution in [0.4, 0.5) is 5.69 Å². The van der Waals surface area contributed by atoms with Crippen LogP contribution in [-0.4, -0.2) is 0 Å². The Morgan fingerprint density at radius 3 is 2.65 bits per heavy atom. The Balaban J connectivity index is 2.10. The molecule has 0 saturated carbocycles. The summed E-state index contributed by atoms with van der Waals surface area (Å²) in [6.07, 6.45) is 0. The molecule has 2 rings (SSSR count). The number of hydrogen-bond acceptors (Lipinski definition) is 2. The smallest absolute Gasteiger partial charge is 0.133 e. The summed E-state index contributed by atoms with van der Waals surface area (Å²) in [6.45, 7) is 2.50. The van der Waals surface area contributed by atoms with E-state index in [1.807, 2.05) is 49.4 Å². The van der Waals surface area contributed by atoms with Crippen molar-refractivity contribution >= 4 is 21.6 Å². The second kappa shape index (κ2) is 5.23. The third-order valence-electron chi connectivity index (χ3n) is 2.52. The maximum atomic E-state index is 5.93. The SMILES string of the molecule is Cc1ccc(COc2ccccc2Br)c(N)c1. The molecule has 88 valence electrons. The molecule has 0 aliphatic rings. The lowest BCUT2D eigenvalue weighted by atomic mass is 10.1. The summed E-state index contributed by atoms with van der Waals surface area (Å²) in [5, 5.41) is 0. The number of halogens is 1. The summed E-state index contributed by atoms with van der Waals surface area (Å²) in [4.78, 5) is 0. The second-order valence-corrected chi connectivity index (χ2v) is 4.78. The number of nitrogen functional groups attached to an aromatic ring is 1. The van der Waals surface area contributed by atoms with Crippen LogP contribution < -0.4 is 10.5 Å². The first-order valence-electron chi connectivity index (χ1n) is 5.39. The molecule has 0 atom stereocenters. The number of para-hydroxylation sites is 1. The van der Waals surface area contributed by atoms with E-state index >= 15 is 0 Å². The van der Waals surface area contributed by atoms with Gasteiger partial charge in [0.2, 0.25) is 0 Å². The average Bonchev–Trinajstić information content (AvgIpc) is 2.30. The average molecular weight is 292 g/mol. The van der Waals surface area contributed by atoms with E-state index in [1.54, 1.807) is 0 Å². The predicted molar refractivity (Wildman–Crippen MR) is 74.1 cm³/mol. The van der Waals surface area contributed by atoms with Gasteiger partial charge in [0.25, 0.3) is 0 Å². The molecule has 2 aromatic carbocycles. The number of hydrogen-bond donors (Lipinski definition) is 1. The van der Waals surface area contributed by atoms with E-state index in [0.717, 1.165) is 27.0 Å². The minimum absolute atomic E-state index is 0.481. The lowest BCUT2D eigenvalue weighted by molar-refractivity contribution is 0.305. The van der Waals surface area contributed by atoms with Gasteiger partial charge in [0.1, 0.15) is 12.4 Å². The normalized spacial score (nSPS) is 10.2. The lowest BCUT2D eigenvalue weighted by Gasteiger charge is -2.10.